The molecular formula is C52H83N3O16P2. The van der Waals surface area contributed by atoms with Crippen molar-refractivity contribution in [1.82, 2.24) is 9.55 Å². The number of ether oxygens (including phenoxy) is 4. The highest BCUT2D eigenvalue weighted by Crippen LogP contribution is 2.60. The van der Waals surface area contributed by atoms with Gasteiger partial charge in [0.05, 0.1) is 25.4 Å². The van der Waals surface area contributed by atoms with E-state index in [0.29, 0.717) is 25.0 Å². The molecule has 0 aromatic carbocycles. The van der Waals surface area contributed by atoms with Crippen LogP contribution in [-0.4, -0.2) is 97.9 Å². The number of nitrogens with zero attached hydrogens (tertiary/aromatic N) is 2. The topological polar surface area (TPSA) is 278 Å². The third-order valence-corrected chi connectivity index (χ3v) is 14.3. The zero-order chi connectivity index (χ0) is 53.2. The van der Waals surface area contributed by atoms with Crippen LogP contribution in [0, 0.1) is 0 Å². The smallest absolute Gasteiger partial charge is 0.462 e. The average Bonchev–Trinajstić information content (AvgIpc) is 4.04. The van der Waals surface area contributed by atoms with Gasteiger partial charge in [-0.05, 0) is 89.5 Å². The SMILES string of the molecule is CC/C=C\C/C=C\C/C=C\C/C=C\C/C=C\CCCCCC(=O)O[C@H](COC(=O)CCCCCCCC1OC1C/C=C\CCCCC)COP(=O)(O)OP(=O)(O)OC[C@H]1O[C@@H](n2ccc(N)nc2=O)[C@H](O)[C@@H]1O. The number of carbonyl (C=O) groups is 2. The number of allylic oxidation sites excluding steroid dienone is 11. The molecule has 73 heavy (non-hydrogen) atoms. The monoisotopic (exact) mass is 1070 g/mol. The van der Waals surface area contributed by atoms with Gasteiger partial charge in [0.2, 0.25) is 0 Å². The third kappa shape index (κ3) is 29.2. The van der Waals surface area contributed by atoms with E-state index in [0.717, 1.165) is 107 Å². The highest BCUT2D eigenvalue weighted by molar-refractivity contribution is 7.61. The first-order chi connectivity index (χ1) is 35.1. The molecular weight excluding hydrogens is 985 g/mol. The molecule has 0 radical (unpaired) electrons. The summed E-state index contributed by atoms with van der Waals surface area (Å²) in [5.41, 5.74) is 4.59. The predicted molar refractivity (Wildman–Crippen MR) is 279 cm³/mol. The standard InChI is InChI=1S/C52H83N3O16P2/c1-3-5-7-9-11-12-13-14-15-16-17-18-19-20-21-22-23-27-32-36-48(57)68-42(39-65-47(56)35-31-28-24-26-30-34-44-43(69-44)33-29-25-10-8-6-4-2)40-66-72(61,62)71-73(63,64)67-41-45-49(58)50(59)51(70-45)55-38-37-46(53)54-52(55)60/h5,7,11-12,14-15,17-18,20-21,25,29,37-38,42-45,49-51,58-59H,3-4,6,8-10,13,16,19,22-24,26-28,30-36,39-41H2,1-2H3,(H,61,62)(H,63,64)(H2,53,54,60)/b7-5-,12-11-,15-14-,18-17-,21-20-,29-25-/t42-,43?,44?,45-,49-,50-,51-/m1/s1. The molecule has 2 aliphatic heterocycles. The van der Waals surface area contributed by atoms with Crippen molar-refractivity contribution in [3.05, 3.63) is 95.7 Å². The number of epoxide rings is 1. The fourth-order valence-corrected chi connectivity index (χ4v) is 9.69. The molecule has 0 aliphatic carbocycles. The molecule has 2 aliphatic rings. The van der Waals surface area contributed by atoms with Gasteiger partial charge in [-0.2, -0.15) is 9.29 Å². The van der Waals surface area contributed by atoms with Crippen molar-refractivity contribution in [3.8, 4) is 0 Å². The Balaban J connectivity index is 1.41. The number of esters is 2. The maximum atomic E-state index is 12.9. The summed E-state index contributed by atoms with van der Waals surface area (Å²) in [6.45, 7) is 1.95. The van der Waals surface area contributed by atoms with Crippen molar-refractivity contribution in [1.29, 1.82) is 0 Å². The summed E-state index contributed by atoms with van der Waals surface area (Å²) >= 11 is 0. The van der Waals surface area contributed by atoms with Crippen molar-refractivity contribution in [2.24, 2.45) is 0 Å². The van der Waals surface area contributed by atoms with Gasteiger partial charge >= 0.3 is 33.3 Å². The number of aliphatic hydroxyl groups is 2. The lowest BCUT2D eigenvalue weighted by Gasteiger charge is -2.21. The second-order valence-electron chi connectivity index (χ2n) is 18.0. The second kappa shape index (κ2) is 37.0. The number of nitrogens with two attached hydrogens (primary N) is 1. The molecule has 0 spiro atoms. The predicted octanol–water partition coefficient (Wildman–Crippen LogP) is 9.88. The molecule has 0 saturated carbocycles. The lowest BCUT2D eigenvalue weighted by Crippen LogP contribution is -2.36. The van der Waals surface area contributed by atoms with E-state index in [1.165, 1.54) is 25.3 Å². The summed E-state index contributed by atoms with van der Waals surface area (Å²) in [6.07, 6.45) is 38.5. The first-order valence-electron chi connectivity index (χ1n) is 26.1. The van der Waals surface area contributed by atoms with Crippen LogP contribution in [0.1, 0.15) is 161 Å². The second-order valence-corrected chi connectivity index (χ2v) is 21.1. The molecule has 6 N–H and O–H groups in total. The van der Waals surface area contributed by atoms with Crippen LogP contribution >= 0.6 is 15.6 Å². The van der Waals surface area contributed by atoms with Gasteiger partial charge in [-0.25, -0.2) is 13.9 Å². The number of aromatic nitrogens is 2. The number of aliphatic hydroxyl groups excluding tert-OH is 2. The van der Waals surface area contributed by atoms with Crippen molar-refractivity contribution >= 4 is 33.4 Å². The van der Waals surface area contributed by atoms with Gasteiger partial charge in [0, 0.05) is 19.0 Å². The minimum atomic E-state index is -5.44. The van der Waals surface area contributed by atoms with Crippen molar-refractivity contribution in [2.45, 2.75) is 198 Å². The third-order valence-electron chi connectivity index (χ3n) is 11.7. The zero-order valence-electron chi connectivity index (χ0n) is 42.9. The number of nitrogen functional groups attached to an aromatic ring is 1. The number of phosphoric acid groups is 2. The largest absolute Gasteiger partial charge is 0.481 e. The fraction of sp³-hybridized carbons (Fsp3) is 0.654. The lowest BCUT2D eigenvalue weighted by atomic mass is 10.1. The molecule has 2 fully saturated rings. The molecule has 21 heteroatoms. The number of carbonyl (C=O) groups excluding carboxylic acids is 2. The Kier molecular flexibility index (Phi) is 32.2. The van der Waals surface area contributed by atoms with Crippen molar-refractivity contribution in [2.75, 3.05) is 25.6 Å². The van der Waals surface area contributed by atoms with Crippen LogP contribution in [-0.2, 0) is 51.0 Å². The molecule has 412 valence electrons. The minimum absolute atomic E-state index is 0.000895. The van der Waals surface area contributed by atoms with Crippen LogP contribution in [0.5, 0.6) is 0 Å². The first kappa shape index (κ1) is 63.5. The number of rotatable bonds is 41. The van der Waals surface area contributed by atoms with E-state index >= 15 is 0 Å². The number of hydrogen-bond acceptors (Lipinski definition) is 16. The van der Waals surface area contributed by atoms with Gasteiger partial charge in [-0.3, -0.25) is 23.2 Å². The Labute approximate surface area is 431 Å². The molecule has 2 saturated heterocycles. The number of phosphoric ester groups is 2. The molecule has 0 amide bonds. The first-order valence-corrected chi connectivity index (χ1v) is 29.1. The van der Waals surface area contributed by atoms with E-state index in [1.807, 2.05) is 0 Å². The summed E-state index contributed by atoms with van der Waals surface area (Å²) in [4.78, 5) is 62.0. The molecule has 4 unspecified atom stereocenters. The molecule has 3 heterocycles. The normalized spacial score (nSPS) is 22.3. The van der Waals surface area contributed by atoms with E-state index in [9.17, 15) is 43.5 Å². The van der Waals surface area contributed by atoms with Gasteiger partial charge in [0.1, 0.15) is 30.7 Å². The average molecular weight is 1070 g/mol. The lowest BCUT2D eigenvalue weighted by molar-refractivity contribution is -0.161. The maximum Gasteiger partial charge on any atom is 0.481 e. The Morgan fingerprint density at radius 3 is 1.93 bits per heavy atom. The van der Waals surface area contributed by atoms with Gasteiger partial charge in [-0.1, -0.05) is 132 Å². The molecule has 3 rings (SSSR count). The number of unbranched alkanes of at least 4 members (excludes halogenated alkanes) is 10. The van der Waals surface area contributed by atoms with Crippen LogP contribution < -0.4 is 11.4 Å². The van der Waals surface area contributed by atoms with Crippen molar-refractivity contribution in [3.63, 3.8) is 0 Å². The quantitative estimate of drug-likeness (QED) is 0.0134. The van der Waals surface area contributed by atoms with Crippen LogP contribution in [0.4, 0.5) is 5.82 Å². The maximum absolute atomic E-state index is 12.9. The Morgan fingerprint density at radius 1 is 0.699 bits per heavy atom. The molecule has 9 atom stereocenters. The van der Waals surface area contributed by atoms with Crippen LogP contribution in [0.15, 0.2) is 90.0 Å². The summed E-state index contributed by atoms with van der Waals surface area (Å²) in [5.74, 6) is -1.37. The molecule has 1 aromatic rings. The highest BCUT2D eigenvalue weighted by Gasteiger charge is 2.46. The molecule has 0 bridgehead atoms. The molecule has 1 aromatic heterocycles. The van der Waals surface area contributed by atoms with Gasteiger partial charge in [-0.15, -0.1) is 0 Å². The fourth-order valence-electron chi connectivity index (χ4n) is 7.58. The highest BCUT2D eigenvalue weighted by atomic mass is 31.3. The Morgan fingerprint density at radius 2 is 1.27 bits per heavy atom. The van der Waals surface area contributed by atoms with E-state index in [1.54, 1.807) is 0 Å². The molecule has 19 nitrogen and oxygen atoms in total. The van der Waals surface area contributed by atoms with Crippen LogP contribution in [0.3, 0.4) is 0 Å². The van der Waals surface area contributed by atoms with Gasteiger partial charge < -0.3 is 44.7 Å². The zero-order valence-corrected chi connectivity index (χ0v) is 44.6. The van der Waals surface area contributed by atoms with Crippen LogP contribution in [0.25, 0.3) is 0 Å². The van der Waals surface area contributed by atoms with E-state index in [4.69, 9.17) is 33.7 Å². The summed E-state index contributed by atoms with van der Waals surface area (Å²) < 4.78 is 62.6. The Hall–Kier alpha value is -3.84. The summed E-state index contributed by atoms with van der Waals surface area (Å²) in [5, 5.41) is 20.9. The van der Waals surface area contributed by atoms with Gasteiger partial charge in [0.25, 0.3) is 0 Å². The number of hydrogen-bond donors (Lipinski definition) is 5. The van der Waals surface area contributed by atoms with Crippen molar-refractivity contribution < 1.29 is 71.0 Å². The summed E-state index contributed by atoms with van der Waals surface area (Å²) in [7, 11) is -10.9. The van der Waals surface area contributed by atoms with E-state index in [-0.39, 0.29) is 18.7 Å². The van der Waals surface area contributed by atoms with Gasteiger partial charge in [0.15, 0.2) is 12.3 Å². The number of anilines is 1. The van der Waals surface area contributed by atoms with E-state index in [2.05, 4.69) is 96.1 Å². The minimum Gasteiger partial charge on any atom is -0.462 e. The van der Waals surface area contributed by atoms with Crippen LogP contribution in [0.2, 0.25) is 0 Å². The summed E-state index contributed by atoms with van der Waals surface area (Å²) in [6, 6.07) is 1.24. The Bertz CT molecular complexity index is 2080. The van der Waals surface area contributed by atoms with E-state index < -0.39 is 83.7 Å².